The molecule has 2 nitrogen and oxygen atoms in total. The number of hydrogen-bond donors (Lipinski definition) is 1. The summed E-state index contributed by atoms with van der Waals surface area (Å²) in [6, 6.07) is 0. The summed E-state index contributed by atoms with van der Waals surface area (Å²) in [6.45, 7) is 6.94. The lowest BCUT2D eigenvalue weighted by Gasteiger charge is -2.25. The van der Waals surface area contributed by atoms with E-state index in [1.54, 1.807) is 0 Å². The Morgan fingerprint density at radius 1 is 1.75 bits per heavy atom. The predicted molar refractivity (Wildman–Crippen MR) is 49.0 cm³/mol. The Kier molecular flexibility index (Phi) is 3.29. The second-order valence-corrected chi connectivity index (χ2v) is 3.56. The summed E-state index contributed by atoms with van der Waals surface area (Å²) in [5.74, 6) is 0.129. The molecule has 1 N–H and O–H groups in total. The zero-order valence-corrected chi connectivity index (χ0v) is 7.75. The van der Waals surface area contributed by atoms with Crippen LogP contribution in [0.15, 0.2) is 12.7 Å². The van der Waals surface area contributed by atoms with Crippen LogP contribution in [-0.4, -0.2) is 23.9 Å². The van der Waals surface area contributed by atoms with Gasteiger partial charge in [0, 0.05) is 5.92 Å². The van der Waals surface area contributed by atoms with Gasteiger partial charge in [0.25, 0.3) is 0 Å². The highest BCUT2D eigenvalue weighted by Gasteiger charge is 2.39. The van der Waals surface area contributed by atoms with Crippen molar-refractivity contribution >= 4 is 0 Å². The van der Waals surface area contributed by atoms with E-state index < -0.39 is 5.60 Å². The maximum absolute atomic E-state index is 10.1. The molecule has 2 atom stereocenters. The van der Waals surface area contributed by atoms with E-state index in [9.17, 15) is 5.11 Å². The van der Waals surface area contributed by atoms with Crippen LogP contribution >= 0.6 is 0 Å². The molecule has 0 amide bonds. The van der Waals surface area contributed by atoms with Crippen LogP contribution < -0.4 is 0 Å². The summed E-state index contributed by atoms with van der Waals surface area (Å²) >= 11 is 0. The fourth-order valence-electron chi connectivity index (χ4n) is 1.65. The predicted octanol–water partition coefficient (Wildman–Crippen LogP) is 1.74. The van der Waals surface area contributed by atoms with E-state index in [-0.39, 0.29) is 5.92 Å². The first kappa shape index (κ1) is 9.75. The maximum Gasteiger partial charge on any atom is 0.0964 e. The summed E-state index contributed by atoms with van der Waals surface area (Å²) in [6.07, 6.45) is 4.82. The van der Waals surface area contributed by atoms with Gasteiger partial charge in [-0.3, -0.25) is 0 Å². The lowest BCUT2D eigenvalue weighted by atomic mass is 9.86. The van der Waals surface area contributed by atoms with Gasteiger partial charge in [0.15, 0.2) is 0 Å². The highest BCUT2D eigenvalue weighted by molar-refractivity contribution is 4.99. The lowest BCUT2D eigenvalue weighted by molar-refractivity contribution is 0.00213. The molecule has 0 bridgehead atoms. The van der Waals surface area contributed by atoms with Crippen molar-refractivity contribution in [3.8, 4) is 0 Å². The second kappa shape index (κ2) is 4.06. The van der Waals surface area contributed by atoms with E-state index >= 15 is 0 Å². The van der Waals surface area contributed by atoms with Gasteiger partial charge in [-0.1, -0.05) is 25.8 Å². The molecule has 0 aromatic carbocycles. The average Bonchev–Trinajstić information content (AvgIpc) is 2.44. The van der Waals surface area contributed by atoms with Crippen molar-refractivity contribution < 1.29 is 9.84 Å². The molecule has 1 aliphatic heterocycles. The minimum Gasteiger partial charge on any atom is -0.387 e. The van der Waals surface area contributed by atoms with Gasteiger partial charge in [0.1, 0.15) is 0 Å². The van der Waals surface area contributed by atoms with Crippen LogP contribution in [0.5, 0.6) is 0 Å². The Hall–Kier alpha value is -0.340. The number of rotatable bonds is 4. The third-order valence-electron chi connectivity index (χ3n) is 2.59. The molecule has 1 aliphatic rings. The number of hydrogen-bond acceptors (Lipinski definition) is 2. The van der Waals surface area contributed by atoms with Crippen molar-refractivity contribution in [1.29, 1.82) is 0 Å². The highest BCUT2D eigenvalue weighted by Crippen LogP contribution is 2.30. The van der Waals surface area contributed by atoms with Crippen LogP contribution in [-0.2, 0) is 4.74 Å². The van der Waals surface area contributed by atoms with Crippen molar-refractivity contribution in [2.24, 2.45) is 5.92 Å². The van der Waals surface area contributed by atoms with Crippen molar-refractivity contribution in [2.75, 3.05) is 13.2 Å². The van der Waals surface area contributed by atoms with Gasteiger partial charge in [-0.25, -0.2) is 0 Å². The molecule has 1 heterocycles. The first-order valence-electron chi connectivity index (χ1n) is 4.65. The smallest absolute Gasteiger partial charge is 0.0964 e. The molecule has 1 fully saturated rings. The SMILES string of the molecule is C=C[C@H]1COC[C@@]1(O)CCCC. The van der Waals surface area contributed by atoms with Crippen LogP contribution in [0.3, 0.4) is 0 Å². The van der Waals surface area contributed by atoms with E-state index in [2.05, 4.69) is 13.5 Å². The van der Waals surface area contributed by atoms with Crippen molar-refractivity contribution in [2.45, 2.75) is 31.8 Å². The fraction of sp³-hybridized carbons (Fsp3) is 0.800. The first-order chi connectivity index (χ1) is 5.73. The first-order valence-corrected chi connectivity index (χ1v) is 4.65. The van der Waals surface area contributed by atoms with Crippen LogP contribution in [0, 0.1) is 5.92 Å². The van der Waals surface area contributed by atoms with Crippen LogP contribution in [0.1, 0.15) is 26.2 Å². The number of ether oxygens (including phenoxy) is 1. The van der Waals surface area contributed by atoms with E-state index in [4.69, 9.17) is 4.74 Å². The number of unbranched alkanes of at least 4 members (excludes halogenated alkanes) is 1. The molecule has 0 saturated carbocycles. The summed E-state index contributed by atoms with van der Waals surface area (Å²) in [5, 5.41) is 10.1. The molecular formula is C10H18O2. The minimum absolute atomic E-state index is 0.129. The Morgan fingerprint density at radius 3 is 3.08 bits per heavy atom. The molecule has 0 aromatic heterocycles. The van der Waals surface area contributed by atoms with Crippen molar-refractivity contribution in [3.63, 3.8) is 0 Å². The van der Waals surface area contributed by atoms with Gasteiger partial charge < -0.3 is 9.84 Å². The van der Waals surface area contributed by atoms with Gasteiger partial charge in [-0.2, -0.15) is 0 Å². The third-order valence-corrected chi connectivity index (χ3v) is 2.59. The summed E-state index contributed by atoms with van der Waals surface area (Å²) in [7, 11) is 0. The largest absolute Gasteiger partial charge is 0.387 e. The normalized spacial score (nSPS) is 35.3. The quantitative estimate of drug-likeness (QED) is 0.651. The molecule has 0 aromatic rings. The van der Waals surface area contributed by atoms with E-state index in [0.717, 1.165) is 19.3 Å². The molecule has 0 unspecified atom stereocenters. The average molecular weight is 170 g/mol. The van der Waals surface area contributed by atoms with Crippen LogP contribution in [0.25, 0.3) is 0 Å². The molecule has 0 spiro atoms. The van der Waals surface area contributed by atoms with E-state index in [1.165, 1.54) is 0 Å². The summed E-state index contributed by atoms with van der Waals surface area (Å²) < 4.78 is 5.24. The summed E-state index contributed by atoms with van der Waals surface area (Å²) in [5.41, 5.74) is -0.627. The molecule has 12 heavy (non-hydrogen) atoms. The van der Waals surface area contributed by atoms with Gasteiger partial charge in [-0.15, -0.1) is 6.58 Å². The van der Waals surface area contributed by atoms with Gasteiger partial charge >= 0.3 is 0 Å². The molecule has 0 aliphatic carbocycles. The third kappa shape index (κ3) is 1.87. The molecule has 0 radical (unpaired) electrons. The Balaban J connectivity index is 2.49. The zero-order valence-electron chi connectivity index (χ0n) is 7.75. The second-order valence-electron chi connectivity index (χ2n) is 3.56. The van der Waals surface area contributed by atoms with Gasteiger partial charge in [-0.05, 0) is 6.42 Å². The van der Waals surface area contributed by atoms with Gasteiger partial charge in [0.2, 0.25) is 0 Å². The van der Waals surface area contributed by atoms with E-state index in [1.807, 2.05) is 6.08 Å². The Morgan fingerprint density at radius 2 is 2.50 bits per heavy atom. The standard InChI is InChI=1S/C10H18O2/c1-3-5-6-10(11)8-12-7-9(10)4-2/h4,9,11H,2-3,5-8H2,1H3/t9-,10-/m0/s1. The number of aliphatic hydroxyl groups is 1. The van der Waals surface area contributed by atoms with Crippen molar-refractivity contribution in [1.82, 2.24) is 0 Å². The van der Waals surface area contributed by atoms with Gasteiger partial charge in [0.05, 0.1) is 18.8 Å². The monoisotopic (exact) mass is 170 g/mol. The van der Waals surface area contributed by atoms with Crippen molar-refractivity contribution in [3.05, 3.63) is 12.7 Å². The van der Waals surface area contributed by atoms with Crippen LogP contribution in [0.2, 0.25) is 0 Å². The van der Waals surface area contributed by atoms with Crippen LogP contribution in [0.4, 0.5) is 0 Å². The molecule has 1 saturated heterocycles. The maximum atomic E-state index is 10.1. The van der Waals surface area contributed by atoms with E-state index in [0.29, 0.717) is 13.2 Å². The zero-order chi connectivity index (χ0) is 9.03. The molecule has 2 heteroatoms. The lowest BCUT2D eigenvalue weighted by Crippen LogP contribution is -2.35. The fourth-order valence-corrected chi connectivity index (χ4v) is 1.65. The molecule has 1 rings (SSSR count). The Bertz CT molecular complexity index is 156. The molecule has 70 valence electrons. The topological polar surface area (TPSA) is 29.5 Å². The summed E-state index contributed by atoms with van der Waals surface area (Å²) in [4.78, 5) is 0. The minimum atomic E-state index is -0.627. The highest BCUT2D eigenvalue weighted by atomic mass is 16.5. The Labute approximate surface area is 74.2 Å². The molecular weight excluding hydrogens is 152 g/mol.